The second kappa shape index (κ2) is 7.41. The molecule has 5 nitrogen and oxygen atoms in total. The summed E-state index contributed by atoms with van der Waals surface area (Å²) in [6.07, 6.45) is 0.348. The second-order valence-electron chi connectivity index (χ2n) is 6.74. The predicted octanol–water partition coefficient (Wildman–Crippen LogP) is 3.49. The molecule has 0 amide bonds. The number of ether oxygens (including phenoxy) is 2. The zero-order valence-corrected chi connectivity index (χ0v) is 15.5. The molecule has 1 aromatic heterocycles. The van der Waals surface area contributed by atoms with Crippen LogP contribution < -0.4 is 0 Å². The van der Waals surface area contributed by atoms with E-state index in [1.165, 1.54) is 25.2 Å². The molecule has 1 aliphatic heterocycles. The molecule has 0 bridgehead atoms. The first-order valence-corrected chi connectivity index (χ1v) is 9.28. The Morgan fingerprint density at radius 2 is 1.73 bits per heavy atom. The summed E-state index contributed by atoms with van der Waals surface area (Å²) in [6, 6.07) is 12.9. The Kier molecular flexibility index (Phi) is 5.23. The van der Waals surface area contributed by atoms with E-state index < -0.39 is 29.6 Å². The highest BCUT2D eigenvalue weighted by Gasteiger charge is 2.47. The monoisotopic (exact) mass is 372 g/mol. The minimum atomic E-state index is -1.28. The molecule has 0 spiro atoms. The molecular weight excluding hydrogens is 352 g/mol. The normalized spacial score (nSPS) is 18.1. The topological polar surface area (TPSA) is 69.7 Å². The Labute approximate surface area is 155 Å². The van der Waals surface area contributed by atoms with Crippen LogP contribution in [0.15, 0.2) is 47.8 Å². The lowest BCUT2D eigenvalue weighted by Crippen LogP contribution is -2.48. The molecule has 0 N–H and O–H groups in total. The van der Waals surface area contributed by atoms with Crippen LogP contribution in [0.4, 0.5) is 0 Å². The molecule has 1 atom stereocenters. The minimum Gasteiger partial charge on any atom is -0.422 e. The Balaban J connectivity index is 1.85. The fourth-order valence-electron chi connectivity index (χ4n) is 3.11. The van der Waals surface area contributed by atoms with Gasteiger partial charge < -0.3 is 9.47 Å². The summed E-state index contributed by atoms with van der Waals surface area (Å²) in [5, 5.41) is 1.91. The highest BCUT2D eigenvalue weighted by molar-refractivity contribution is 7.10. The van der Waals surface area contributed by atoms with E-state index in [4.69, 9.17) is 9.47 Å². The van der Waals surface area contributed by atoms with E-state index in [1.54, 1.807) is 0 Å². The number of thiophene rings is 1. The van der Waals surface area contributed by atoms with Gasteiger partial charge in [-0.15, -0.1) is 11.3 Å². The number of benzene rings is 1. The summed E-state index contributed by atoms with van der Waals surface area (Å²) < 4.78 is 10.5. The summed E-state index contributed by atoms with van der Waals surface area (Å²) in [5.74, 6) is -4.37. The van der Waals surface area contributed by atoms with Gasteiger partial charge in [0.05, 0.1) is 0 Å². The highest BCUT2D eigenvalue weighted by atomic mass is 32.1. The number of esters is 2. The molecule has 2 aromatic rings. The van der Waals surface area contributed by atoms with Gasteiger partial charge in [0.25, 0.3) is 5.79 Å². The quantitative estimate of drug-likeness (QED) is 0.573. The van der Waals surface area contributed by atoms with Crippen LogP contribution in [-0.2, 0) is 30.3 Å². The molecule has 6 heteroatoms. The van der Waals surface area contributed by atoms with E-state index in [9.17, 15) is 14.4 Å². The number of Topliss-reactive ketones (excluding diaryl/α,β-unsaturated/α-hetero) is 1. The third-order valence-corrected chi connectivity index (χ3v) is 5.11. The fraction of sp³-hybridized carbons (Fsp3) is 0.350. The maximum atomic E-state index is 12.6. The zero-order chi connectivity index (χ0) is 18.7. The third-order valence-electron chi connectivity index (χ3n) is 4.23. The lowest BCUT2D eigenvalue weighted by atomic mass is 9.81. The molecule has 1 aromatic carbocycles. The van der Waals surface area contributed by atoms with Crippen LogP contribution in [0.3, 0.4) is 0 Å². The van der Waals surface area contributed by atoms with Crippen LogP contribution in [0.1, 0.15) is 36.6 Å². The Morgan fingerprint density at radius 1 is 1.08 bits per heavy atom. The average Bonchev–Trinajstić information content (AvgIpc) is 3.06. The van der Waals surface area contributed by atoms with Gasteiger partial charge in [0.15, 0.2) is 5.92 Å². The van der Waals surface area contributed by atoms with Crippen LogP contribution in [0.5, 0.6) is 0 Å². The molecule has 2 heterocycles. The zero-order valence-electron chi connectivity index (χ0n) is 14.6. The van der Waals surface area contributed by atoms with Crippen molar-refractivity contribution in [1.82, 2.24) is 0 Å². The molecule has 1 fully saturated rings. The van der Waals surface area contributed by atoms with Crippen molar-refractivity contribution in [2.24, 2.45) is 5.92 Å². The largest absolute Gasteiger partial charge is 0.422 e. The van der Waals surface area contributed by atoms with E-state index in [0.717, 1.165) is 10.4 Å². The number of cyclic esters (lactones) is 2. The maximum absolute atomic E-state index is 12.6. The van der Waals surface area contributed by atoms with Crippen LogP contribution in [-0.4, -0.2) is 23.5 Å². The summed E-state index contributed by atoms with van der Waals surface area (Å²) in [5.41, 5.74) is 0.741. The molecule has 1 aliphatic rings. The van der Waals surface area contributed by atoms with Gasteiger partial charge >= 0.3 is 11.9 Å². The Bertz CT molecular complexity index is 775. The van der Waals surface area contributed by atoms with Gasteiger partial charge in [-0.2, -0.15) is 0 Å². The minimum absolute atomic E-state index is 0.0354. The summed E-state index contributed by atoms with van der Waals surface area (Å²) >= 11 is 1.51. The lowest BCUT2D eigenvalue weighted by molar-refractivity contribution is -0.241. The van der Waals surface area contributed by atoms with E-state index in [-0.39, 0.29) is 18.6 Å². The number of ketones is 1. The van der Waals surface area contributed by atoms with Gasteiger partial charge in [-0.3, -0.25) is 14.4 Å². The first-order valence-electron chi connectivity index (χ1n) is 8.40. The van der Waals surface area contributed by atoms with Gasteiger partial charge in [-0.25, -0.2) is 0 Å². The van der Waals surface area contributed by atoms with Crippen molar-refractivity contribution in [1.29, 1.82) is 0 Å². The van der Waals surface area contributed by atoms with Crippen LogP contribution in [0, 0.1) is 5.92 Å². The van der Waals surface area contributed by atoms with Crippen molar-refractivity contribution in [3.05, 3.63) is 58.3 Å². The van der Waals surface area contributed by atoms with Crippen molar-refractivity contribution in [3.63, 3.8) is 0 Å². The van der Waals surface area contributed by atoms with Crippen molar-refractivity contribution in [2.45, 2.75) is 38.4 Å². The van der Waals surface area contributed by atoms with Crippen LogP contribution in [0.25, 0.3) is 0 Å². The van der Waals surface area contributed by atoms with Gasteiger partial charge in [0.2, 0.25) is 0 Å². The molecule has 0 aliphatic carbocycles. The summed E-state index contributed by atoms with van der Waals surface area (Å²) in [7, 11) is 0. The lowest BCUT2D eigenvalue weighted by Gasteiger charge is -2.35. The average molecular weight is 372 g/mol. The third kappa shape index (κ3) is 4.19. The van der Waals surface area contributed by atoms with Gasteiger partial charge in [0, 0.05) is 37.5 Å². The molecule has 136 valence electrons. The molecule has 1 unspecified atom stereocenters. The number of carbonyl (C=O) groups excluding carboxylic acids is 3. The van der Waals surface area contributed by atoms with E-state index in [0.29, 0.717) is 0 Å². The van der Waals surface area contributed by atoms with Crippen molar-refractivity contribution in [2.75, 3.05) is 0 Å². The molecule has 0 radical (unpaired) electrons. The SMILES string of the molecule is CC1(C)OC(=O)C(C(CC(=O)Cc2cccs2)c2ccccc2)C(=O)O1. The molecule has 1 saturated heterocycles. The fourth-order valence-corrected chi connectivity index (χ4v) is 3.84. The van der Waals surface area contributed by atoms with Gasteiger partial charge in [-0.1, -0.05) is 36.4 Å². The van der Waals surface area contributed by atoms with Crippen molar-refractivity contribution in [3.8, 4) is 0 Å². The van der Waals surface area contributed by atoms with Crippen LogP contribution in [0.2, 0.25) is 0 Å². The first kappa shape index (κ1) is 18.3. The van der Waals surface area contributed by atoms with Gasteiger partial charge in [0.1, 0.15) is 5.78 Å². The Morgan fingerprint density at radius 3 is 2.31 bits per heavy atom. The molecule has 26 heavy (non-hydrogen) atoms. The maximum Gasteiger partial charge on any atom is 0.324 e. The number of hydrogen-bond donors (Lipinski definition) is 0. The molecule has 3 rings (SSSR count). The number of rotatable bonds is 6. The standard InChI is InChI=1S/C20H20O5S/c1-20(2)24-18(22)17(19(23)25-20)16(13-7-4-3-5-8-13)12-14(21)11-15-9-6-10-26-15/h3-10,16-17H,11-12H2,1-2H3. The Hall–Kier alpha value is -2.47. The van der Waals surface area contributed by atoms with Crippen molar-refractivity contribution < 1.29 is 23.9 Å². The molecular formula is C20H20O5S. The smallest absolute Gasteiger partial charge is 0.324 e. The van der Waals surface area contributed by atoms with E-state index in [1.807, 2.05) is 47.8 Å². The van der Waals surface area contributed by atoms with Crippen LogP contribution >= 0.6 is 11.3 Å². The first-order chi connectivity index (χ1) is 12.4. The highest BCUT2D eigenvalue weighted by Crippen LogP contribution is 2.36. The van der Waals surface area contributed by atoms with E-state index in [2.05, 4.69) is 0 Å². The van der Waals surface area contributed by atoms with Gasteiger partial charge in [-0.05, 0) is 17.0 Å². The van der Waals surface area contributed by atoms with E-state index >= 15 is 0 Å². The predicted molar refractivity (Wildman–Crippen MR) is 96.6 cm³/mol. The van der Waals surface area contributed by atoms with Crippen molar-refractivity contribution >= 4 is 29.1 Å². The second-order valence-corrected chi connectivity index (χ2v) is 7.77. The molecule has 0 saturated carbocycles. The summed E-state index contributed by atoms with van der Waals surface area (Å²) in [6.45, 7) is 3.02. The number of carbonyl (C=O) groups is 3. The number of hydrogen-bond acceptors (Lipinski definition) is 6. The summed E-state index contributed by atoms with van der Waals surface area (Å²) in [4.78, 5) is 38.5.